The molecular weight excluding hydrogens is 198 g/mol. The van der Waals surface area contributed by atoms with Gasteiger partial charge in [0.2, 0.25) is 5.78 Å². The summed E-state index contributed by atoms with van der Waals surface area (Å²) < 4.78 is 4.77. The molecule has 5 heteroatoms. The van der Waals surface area contributed by atoms with Crippen molar-refractivity contribution in [3.05, 3.63) is 33.9 Å². The molecule has 5 nitrogen and oxygen atoms in total. The fourth-order valence-electron chi connectivity index (χ4n) is 1.06. The lowest BCUT2D eigenvalue weighted by atomic mass is 10.1. The normalized spacial score (nSPS) is 9.07. The van der Waals surface area contributed by atoms with Crippen molar-refractivity contribution in [1.82, 2.24) is 0 Å². The first-order valence-electron chi connectivity index (χ1n) is 3.93. The topological polar surface area (TPSA) is 69.4 Å². The highest BCUT2D eigenvalue weighted by atomic mass is 16.6. The van der Waals surface area contributed by atoms with Crippen molar-refractivity contribution >= 4 is 11.5 Å². The molecule has 0 spiro atoms. The van der Waals surface area contributed by atoms with E-state index in [-0.39, 0.29) is 17.0 Å². The van der Waals surface area contributed by atoms with E-state index >= 15 is 0 Å². The van der Waals surface area contributed by atoms with Gasteiger partial charge in [-0.2, -0.15) is 0 Å². The maximum atomic E-state index is 11.1. The Hall–Kier alpha value is -2.35. The number of benzene rings is 1. The Balaban J connectivity index is 3.29. The second-order valence-electron chi connectivity index (χ2n) is 2.62. The lowest BCUT2D eigenvalue weighted by Gasteiger charge is -2.01. The highest BCUT2D eigenvalue weighted by Gasteiger charge is 2.16. The van der Waals surface area contributed by atoms with Gasteiger partial charge in [0.15, 0.2) is 5.75 Å². The molecule has 0 saturated heterocycles. The van der Waals surface area contributed by atoms with Crippen LogP contribution in [0.5, 0.6) is 5.75 Å². The first kappa shape index (κ1) is 10.7. The second kappa shape index (κ2) is 4.24. The summed E-state index contributed by atoms with van der Waals surface area (Å²) in [6.07, 6.45) is 4.90. The van der Waals surface area contributed by atoms with E-state index in [2.05, 4.69) is 0 Å². The van der Waals surface area contributed by atoms with Crippen LogP contribution >= 0.6 is 0 Å². The molecule has 76 valence electrons. The summed E-state index contributed by atoms with van der Waals surface area (Å²) >= 11 is 0. The van der Waals surface area contributed by atoms with Gasteiger partial charge >= 0.3 is 5.69 Å². The highest BCUT2D eigenvalue weighted by molar-refractivity contribution is 6.09. The smallest absolute Gasteiger partial charge is 0.311 e. The van der Waals surface area contributed by atoms with Gasteiger partial charge in [-0.15, -0.1) is 6.42 Å². The second-order valence-corrected chi connectivity index (χ2v) is 2.62. The largest absolute Gasteiger partial charge is 0.490 e. The van der Waals surface area contributed by atoms with Gasteiger partial charge in [-0.1, -0.05) is 0 Å². The predicted molar refractivity (Wildman–Crippen MR) is 52.8 cm³/mol. The van der Waals surface area contributed by atoms with Crippen LogP contribution in [0.3, 0.4) is 0 Å². The quantitative estimate of drug-likeness (QED) is 0.246. The van der Waals surface area contributed by atoms with Crippen molar-refractivity contribution in [2.24, 2.45) is 0 Å². The molecule has 0 aliphatic heterocycles. The summed E-state index contributed by atoms with van der Waals surface area (Å²) in [5.41, 5.74) is -0.177. The zero-order valence-corrected chi connectivity index (χ0v) is 7.89. The Morgan fingerprint density at radius 1 is 1.60 bits per heavy atom. The number of terminal acetylenes is 1. The molecule has 15 heavy (non-hydrogen) atoms. The van der Waals surface area contributed by atoms with Gasteiger partial charge in [-0.25, -0.2) is 0 Å². The molecule has 0 heterocycles. The summed E-state index contributed by atoms with van der Waals surface area (Å²) in [5.74, 6) is 1.38. The Bertz CT molecular complexity index is 459. The number of nitro groups is 1. The van der Waals surface area contributed by atoms with Gasteiger partial charge in [0.05, 0.1) is 12.0 Å². The maximum Gasteiger partial charge on any atom is 0.311 e. The van der Waals surface area contributed by atoms with E-state index in [0.717, 1.165) is 6.07 Å². The number of carbonyl (C=O) groups is 1. The summed E-state index contributed by atoms with van der Waals surface area (Å²) in [6.45, 7) is 0. The molecule has 0 bridgehead atoms. The van der Waals surface area contributed by atoms with Crippen molar-refractivity contribution in [3.63, 3.8) is 0 Å². The number of ether oxygens (including phenoxy) is 1. The molecule has 0 aromatic heterocycles. The maximum absolute atomic E-state index is 11.1. The molecule has 1 aromatic carbocycles. The molecule has 0 aliphatic carbocycles. The van der Waals surface area contributed by atoms with Crippen LogP contribution in [0.4, 0.5) is 5.69 Å². The lowest BCUT2D eigenvalue weighted by molar-refractivity contribution is -0.385. The molecule has 0 fully saturated rings. The van der Waals surface area contributed by atoms with Crippen LogP contribution in [0.2, 0.25) is 0 Å². The van der Waals surface area contributed by atoms with Gasteiger partial charge in [-0.05, 0) is 18.1 Å². The number of ketones is 1. The van der Waals surface area contributed by atoms with Crippen molar-refractivity contribution in [2.45, 2.75) is 0 Å². The molecule has 0 unspecified atom stereocenters. The Labute approximate surface area is 85.8 Å². The Kier molecular flexibility index (Phi) is 3.03. The van der Waals surface area contributed by atoms with Gasteiger partial charge in [0, 0.05) is 11.6 Å². The molecule has 0 radical (unpaired) electrons. The third kappa shape index (κ3) is 2.11. The van der Waals surface area contributed by atoms with Gasteiger partial charge < -0.3 is 4.74 Å². The van der Waals surface area contributed by atoms with Crippen LogP contribution in [-0.2, 0) is 0 Å². The van der Waals surface area contributed by atoms with Crippen LogP contribution in [0.1, 0.15) is 10.4 Å². The number of methoxy groups -OCH3 is 1. The van der Waals surface area contributed by atoms with E-state index in [1.165, 1.54) is 19.2 Å². The van der Waals surface area contributed by atoms with Crippen LogP contribution < -0.4 is 4.74 Å². The van der Waals surface area contributed by atoms with Gasteiger partial charge in [0.1, 0.15) is 0 Å². The third-order valence-electron chi connectivity index (χ3n) is 1.77. The fraction of sp³-hybridized carbons (Fsp3) is 0.100. The van der Waals surface area contributed by atoms with Crippen LogP contribution in [0.25, 0.3) is 0 Å². The van der Waals surface area contributed by atoms with E-state index in [1.807, 2.05) is 5.92 Å². The molecule has 0 amide bonds. The highest BCUT2D eigenvalue weighted by Crippen LogP contribution is 2.27. The monoisotopic (exact) mass is 205 g/mol. The number of Topliss-reactive ketones (excluding diaryl/α,β-unsaturated/α-hetero) is 1. The SMILES string of the molecule is C#CC(=O)c1ccc(OC)c([N+](=O)[O-])c1. The van der Waals surface area contributed by atoms with E-state index in [4.69, 9.17) is 11.2 Å². The number of carbonyl (C=O) groups excluding carboxylic acids is 1. The predicted octanol–water partition coefficient (Wildman–Crippen LogP) is 1.42. The van der Waals surface area contributed by atoms with Crippen molar-refractivity contribution in [2.75, 3.05) is 7.11 Å². The first-order valence-corrected chi connectivity index (χ1v) is 3.93. The van der Waals surface area contributed by atoms with Crippen LogP contribution in [-0.4, -0.2) is 17.8 Å². The zero-order valence-electron chi connectivity index (χ0n) is 7.89. The number of nitrogens with zero attached hydrogens (tertiary/aromatic N) is 1. The third-order valence-corrected chi connectivity index (χ3v) is 1.77. The summed E-state index contributed by atoms with van der Waals surface area (Å²) in [6, 6.07) is 3.82. The minimum Gasteiger partial charge on any atom is -0.490 e. The Morgan fingerprint density at radius 2 is 2.27 bits per heavy atom. The number of hydrogen-bond donors (Lipinski definition) is 0. The molecule has 1 aromatic rings. The number of rotatable bonds is 3. The van der Waals surface area contributed by atoms with E-state index in [0.29, 0.717) is 0 Å². The zero-order chi connectivity index (χ0) is 11.4. The van der Waals surface area contributed by atoms with E-state index in [9.17, 15) is 14.9 Å². The molecule has 0 N–H and O–H groups in total. The van der Waals surface area contributed by atoms with Gasteiger partial charge in [0.25, 0.3) is 0 Å². The molecule has 0 atom stereocenters. The van der Waals surface area contributed by atoms with Crippen molar-refractivity contribution < 1.29 is 14.5 Å². The average Bonchev–Trinajstić information content (AvgIpc) is 2.27. The molecule has 0 saturated carbocycles. The first-order chi connectivity index (χ1) is 7.10. The number of hydrogen-bond acceptors (Lipinski definition) is 4. The lowest BCUT2D eigenvalue weighted by Crippen LogP contribution is -1.99. The summed E-state index contributed by atoms with van der Waals surface area (Å²) in [5, 5.41) is 10.6. The van der Waals surface area contributed by atoms with Crippen molar-refractivity contribution in [3.8, 4) is 18.1 Å². The average molecular weight is 205 g/mol. The Morgan fingerprint density at radius 3 is 2.73 bits per heavy atom. The molecular formula is C10H7NO4. The van der Waals surface area contributed by atoms with Crippen LogP contribution in [0, 0.1) is 22.5 Å². The van der Waals surface area contributed by atoms with E-state index < -0.39 is 10.7 Å². The number of nitro benzene ring substituents is 1. The van der Waals surface area contributed by atoms with Crippen LogP contribution in [0.15, 0.2) is 18.2 Å². The minimum absolute atomic E-state index is 0.0913. The molecule has 0 aliphatic rings. The summed E-state index contributed by atoms with van der Waals surface area (Å²) in [7, 11) is 1.31. The van der Waals surface area contributed by atoms with Gasteiger partial charge in [-0.3, -0.25) is 14.9 Å². The molecule has 1 rings (SSSR count). The van der Waals surface area contributed by atoms with Crippen molar-refractivity contribution in [1.29, 1.82) is 0 Å². The summed E-state index contributed by atoms with van der Waals surface area (Å²) in [4.78, 5) is 21.1. The minimum atomic E-state index is -0.633. The standard InChI is InChI=1S/C10H7NO4/c1-3-9(12)7-4-5-10(15-2)8(6-7)11(13)14/h1,4-6H,2H3. The fourth-order valence-corrected chi connectivity index (χ4v) is 1.06. The van der Waals surface area contributed by atoms with E-state index in [1.54, 1.807) is 0 Å².